The maximum Gasteiger partial charge on any atom is 0.103 e. The molecule has 1 aromatic rings. The predicted molar refractivity (Wildman–Crippen MR) is 63.1 cm³/mol. The Hall–Kier alpha value is -0.570. The van der Waals surface area contributed by atoms with Crippen LogP contribution in [0, 0.1) is 0 Å². The van der Waals surface area contributed by atoms with Crippen LogP contribution in [0.4, 0.5) is 0 Å². The first-order valence-corrected chi connectivity index (χ1v) is 5.85. The molecule has 0 amide bonds. The van der Waals surface area contributed by atoms with Crippen molar-refractivity contribution in [3.63, 3.8) is 0 Å². The Morgan fingerprint density at radius 2 is 2.13 bits per heavy atom. The van der Waals surface area contributed by atoms with E-state index in [9.17, 15) is 0 Å². The van der Waals surface area contributed by atoms with Crippen LogP contribution in [0.25, 0.3) is 0 Å². The van der Waals surface area contributed by atoms with E-state index in [2.05, 4.69) is 11.4 Å². The third-order valence-corrected chi connectivity index (χ3v) is 2.59. The molecule has 0 radical (unpaired) electrons. The molecule has 0 unspecified atom stereocenters. The van der Waals surface area contributed by atoms with Gasteiger partial charge in [-0.25, -0.2) is 0 Å². The van der Waals surface area contributed by atoms with Gasteiger partial charge in [-0.3, -0.25) is 0 Å². The topological polar surface area (TPSA) is 25.8 Å². The van der Waals surface area contributed by atoms with Gasteiger partial charge in [0.05, 0.1) is 13.2 Å². The van der Waals surface area contributed by atoms with Crippen molar-refractivity contribution in [2.45, 2.75) is 19.9 Å². The van der Waals surface area contributed by atoms with Gasteiger partial charge in [0, 0.05) is 23.6 Å². The highest BCUT2D eigenvalue weighted by atomic mass is 35.5. The zero-order valence-corrected chi connectivity index (χ0v) is 9.96. The lowest BCUT2D eigenvalue weighted by Crippen LogP contribution is -2.82. The summed E-state index contributed by atoms with van der Waals surface area (Å²) in [5.41, 5.74) is 1.20. The van der Waals surface area contributed by atoms with Crippen LogP contribution in [0.1, 0.15) is 18.9 Å². The van der Waals surface area contributed by atoms with Gasteiger partial charge >= 0.3 is 0 Å². The Bertz CT molecular complexity index is 278. The van der Waals surface area contributed by atoms with E-state index in [1.54, 1.807) is 0 Å². The van der Waals surface area contributed by atoms with Crippen LogP contribution < -0.4 is 5.32 Å². The van der Waals surface area contributed by atoms with Crippen molar-refractivity contribution in [2.75, 3.05) is 19.8 Å². The number of hydrogen-bond donors (Lipinski definition) is 1. The van der Waals surface area contributed by atoms with Crippen molar-refractivity contribution in [1.82, 2.24) is 0 Å². The van der Waals surface area contributed by atoms with E-state index in [1.165, 1.54) is 5.56 Å². The molecule has 0 aliphatic rings. The molecule has 2 nitrogen and oxygen atoms in total. The summed E-state index contributed by atoms with van der Waals surface area (Å²) >= 11 is 6.04. The first-order valence-electron chi connectivity index (χ1n) is 5.47. The summed E-state index contributed by atoms with van der Waals surface area (Å²) in [5, 5.41) is 3.12. The largest absolute Gasteiger partial charge is 0.382 e. The van der Waals surface area contributed by atoms with E-state index in [1.807, 2.05) is 25.1 Å². The minimum Gasteiger partial charge on any atom is -0.382 e. The molecule has 0 atom stereocenters. The van der Waals surface area contributed by atoms with Crippen molar-refractivity contribution >= 4 is 11.6 Å². The molecular formula is C12H19ClNO+. The molecule has 0 aliphatic heterocycles. The quantitative estimate of drug-likeness (QED) is 0.708. The number of quaternary nitrogens is 1. The number of halogens is 1. The maximum atomic E-state index is 6.04. The first kappa shape index (κ1) is 12.5. The second kappa shape index (κ2) is 7.69. The zero-order valence-electron chi connectivity index (χ0n) is 9.21. The Morgan fingerprint density at radius 1 is 1.33 bits per heavy atom. The van der Waals surface area contributed by atoms with Crippen molar-refractivity contribution in [1.29, 1.82) is 0 Å². The summed E-state index contributed by atoms with van der Waals surface area (Å²) in [6, 6.07) is 7.99. The molecule has 2 N–H and O–H groups in total. The molecular weight excluding hydrogens is 210 g/mol. The standard InChI is InChI=1S/C12H18ClNO/c1-2-15-9-5-8-14-10-11-6-3-4-7-12(11)13/h3-4,6-7,14H,2,5,8-10H2,1H3/p+1. The molecule has 0 aromatic heterocycles. The van der Waals surface area contributed by atoms with Crippen LogP contribution in [0.2, 0.25) is 5.02 Å². The molecule has 0 fully saturated rings. The van der Waals surface area contributed by atoms with Crippen LogP contribution in [0.5, 0.6) is 0 Å². The van der Waals surface area contributed by atoms with Crippen molar-refractivity contribution in [3.05, 3.63) is 34.9 Å². The fourth-order valence-electron chi connectivity index (χ4n) is 1.40. The molecule has 1 aromatic carbocycles. The van der Waals surface area contributed by atoms with Gasteiger partial charge in [-0.1, -0.05) is 29.8 Å². The van der Waals surface area contributed by atoms with Gasteiger partial charge in [-0.2, -0.15) is 0 Å². The highest BCUT2D eigenvalue weighted by molar-refractivity contribution is 6.31. The molecule has 0 saturated carbocycles. The summed E-state index contributed by atoms with van der Waals surface area (Å²) < 4.78 is 5.26. The lowest BCUT2D eigenvalue weighted by atomic mass is 10.2. The molecule has 1 rings (SSSR count). The van der Waals surface area contributed by atoms with Gasteiger partial charge in [-0.05, 0) is 13.0 Å². The van der Waals surface area contributed by atoms with Gasteiger partial charge in [-0.15, -0.1) is 0 Å². The number of hydrogen-bond acceptors (Lipinski definition) is 1. The summed E-state index contributed by atoms with van der Waals surface area (Å²) in [7, 11) is 0. The second-order valence-electron chi connectivity index (χ2n) is 3.42. The minimum absolute atomic E-state index is 0.810. The molecule has 3 heteroatoms. The van der Waals surface area contributed by atoms with Crippen LogP contribution in [0.15, 0.2) is 24.3 Å². The van der Waals surface area contributed by atoms with Gasteiger partial charge in [0.2, 0.25) is 0 Å². The van der Waals surface area contributed by atoms with Crippen molar-refractivity contribution in [2.24, 2.45) is 0 Å². The molecule has 15 heavy (non-hydrogen) atoms. The van der Waals surface area contributed by atoms with Gasteiger partial charge < -0.3 is 10.1 Å². The summed E-state index contributed by atoms with van der Waals surface area (Å²) in [4.78, 5) is 0. The Balaban J connectivity index is 2.12. The summed E-state index contributed by atoms with van der Waals surface area (Å²) in [5.74, 6) is 0. The first-order chi connectivity index (χ1) is 7.34. The minimum atomic E-state index is 0.810. The Kier molecular flexibility index (Phi) is 6.41. The van der Waals surface area contributed by atoms with E-state index in [0.717, 1.165) is 37.7 Å². The van der Waals surface area contributed by atoms with Gasteiger partial charge in [0.1, 0.15) is 6.54 Å². The van der Waals surface area contributed by atoms with E-state index >= 15 is 0 Å². The molecule has 84 valence electrons. The Morgan fingerprint density at radius 3 is 2.87 bits per heavy atom. The molecule has 0 heterocycles. The lowest BCUT2D eigenvalue weighted by Gasteiger charge is -2.03. The summed E-state index contributed by atoms with van der Waals surface area (Å²) in [6.07, 6.45) is 1.10. The number of benzene rings is 1. The van der Waals surface area contributed by atoms with E-state index in [0.29, 0.717) is 0 Å². The molecule has 0 spiro atoms. The number of nitrogens with two attached hydrogens (primary N) is 1. The normalized spacial score (nSPS) is 10.5. The predicted octanol–water partition coefficient (Wildman–Crippen LogP) is 1.83. The highest BCUT2D eigenvalue weighted by Crippen LogP contribution is 2.12. The van der Waals surface area contributed by atoms with Crippen LogP contribution in [-0.4, -0.2) is 19.8 Å². The third kappa shape index (κ3) is 5.17. The van der Waals surface area contributed by atoms with Crippen LogP contribution in [0.3, 0.4) is 0 Å². The van der Waals surface area contributed by atoms with Gasteiger partial charge in [0.25, 0.3) is 0 Å². The van der Waals surface area contributed by atoms with Crippen LogP contribution >= 0.6 is 11.6 Å². The SMILES string of the molecule is CCOCCC[NH2+]Cc1ccccc1Cl. The fraction of sp³-hybridized carbons (Fsp3) is 0.500. The average molecular weight is 229 g/mol. The third-order valence-electron chi connectivity index (χ3n) is 2.22. The van der Waals surface area contributed by atoms with Crippen molar-refractivity contribution < 1.29 is 10.1 Å². The smallest absolute Gasteiger partial charge is 0.103 e. The lowest BCUT2D eigenvalue weighted by molar-refractivity contribution is -0.671. The van der Waals surface area contributed by atoms with Crippen molar-refractivity contribution in [3.8, 4) is 0 Å². The van der Waals surface area contributed by atoms with Crippen LogP contribution in [-0.2, 0) is 11.3 Å². The fourth-order valence-corrected chi connectivity index (χ4v) is 1.61. The van der Waals surface area contributed by atoms with E-state index < -0.39 is 0 Å². The highest BCUT2D eigenvalue weighted by Gasteiger charge is 1.99. The molecule has 0 aliphatic carbocycles. The number of rotatable bonds is 7. The Labute approximate surface area is 96.6 Å². The van der Waals surface area contributed by atoms with E-state index in [4.69, 9.17) is 16.3 Å². The second-order valence-corrected chi connectivity index (χ2v) is 3.83. The number of ether oxygens (including phenoxy) is 1. The van der Waals surface area contributed by atoms with Gasteiger partial charge in [0.15, 0.2) is 0 Å². The molecule has 0 bridgehead atoms. The maximum absolute atomic E-state index is 6.04. The zero-order chi connectivity index (χ0) is 10.9. The summed E-state index contributed by atoms with van der Waals surface area (Å²) in [6.45, 7) is 5.73. The molecule has 0 saturated heterocycles. The van der Waals surface area contributed by atoms with E-state index in [-0.39, 0.29) is 0 Å². The monoisotopic (exact) mass is 228 g/mol. The average Bonchev–Trinajstić information content (AvgIpc) is 2.25.